The highest BCUT2D eigenvalue weighted by molar-refractivity contribution is 6.10. The van der Waals surface area contributed by atoms with Gasteiger partial charge in [0.05, 0.1) is 23.0 Å². The van der Waals surface area contributed by atoms with Crippen molar-refractivity contribution in [2.75, 3.05) is 0 Å². The molecule has 0 saturated carbocycles. The third-order valence-corrected chi connectivity index (χ3v) is 3.07. The van der Waals surface area contributed by atoms with Gasteiger partial charge in [-0.15, -0.1) is 0 Å². The van der Waals surface area contributed by atoms with Crippen LogP contribution in [0.4, 0.5) is 0 Å². The summed E-state index contributed by atoms with van der Waals surface area (Å²) in [6.45, 7) is 11.0. The summed E-state index contributed by atoms with van der Waals surface area (Å²) in [5.41, 5.74) is -0.978. The standard InChI is InChI=1S/C20H18O8/c1-6-9-26-19(24)14-8-7-13(18(23)27-16(21)11(2)3)10-15(14)20(25)28-17(22)12(4)5/h6-10H,2,4H2,1,3,5H3/b9-6-. The van der Waals surface area contributed by atoms with Crippen molar-refractivity contribution < 1.29 is 38.2 Å². The van der Waals surface area contributed by atoms with Crippen LogP contribution in [0.1, 0.15) is 51.8 Å². The molecule has 0 aliphatic heterocycles. The molecule has 8 nitrogen and oxygen atoms in total. The zero-order valence-electron chi connectivity index (χ0n) is 15.6. The van der Waals surface area contributed by atoms with Crippen LogP contribution in [0, 0.1) is 0 Å². The molecule has 0 N–H and O–H groups in total. The Bertz CT molecular complexity index is 905. The first-order chi connectivity index (χ1) is 13.1. The number of hydrogen-bond donors (Lipinski definition) is 0. The molecule has 0 aromatic heterocycles. The Morgan fingerprint density at radius 2 is 1.36 bits per heavy atom. The predicted molar refractivity (Wildman–Crippen MR) is 97.1 cm³/mol. The SMILES string of the molecule is C=C(C)C(=O)OC(=O)c1ccc(C(=O)O/C=C\C)c(C(=O)OC(=O)C(=C)C)c1. The van der Waals surface area contributed by atoms with E-state index in [1.54, 1.807) is 6.92 Å². The molecule has 1 rings (SSSR count). The molecule has 0 radical (unpaired) electrons. The molecular weight excluding hydrogens is 368 g/mol. The Morgan fingerprint density at radius 1 is 0.821 bits per heavy atom. The molecule has 0 spiro atoms. The normalized spacial score (nSPS) is 10.1. The maximum atomic E-state index is 12.3. The Hall–Kier alpha value is -3.81. The molecule has 0 amide bonds. The van der Waals surface area contributed by atoms with Gasteiger partial charge in [0.1, 0.15) is 0 Å². The van der Waals surface area contributed by atoms with Gasteiger partial charge in [0.15, 0.2) is 0 Å². The lowest BCUT2D eigenvalue weighted by Crippen LogP contribution is -2.19. The average molecular weight is 386 g/mol. The highest BCUT2D eigenvalue weighted by Crippen LogP contribution is 2.17. The fourth-order valence-electron chi connectivity index (χ4n) is 1.67. The van der Waals surface area contributed by atoms with Gasteiger partial charge in [-0.05, 0) is 39.0 Å². The minimum Gasteiger partial charge on any atom is -0.431 e. The number of carbonyl (C=O) groups excluding carboxylic acids is 5. The van der Waals surface area contributed by atoms with E-state index in [9.17, 15) is 24.0 Å². The summed E-state index contributed by atoms with van der Waals surface area (Å²) in [6, 6.07) is 3.21. The second-order valence-corrected chi connectivity index (χ2v) is 5.55. The number of esters is 5. The van der Waals surface area contributed by atoms with Crippen LogP contribution in [0.3, 0.4) is 0 Å². The summed E-state index contributed by atoms with van der Waals surface area (Å²) in [5.74, 6) is -5.18. The van der Waals surface area contributed by atoms with E-state index in [-0.39, 0.29) is 22.3 Å². The van der Waals surface area contributed by atoms with Crippen molar-refractivity contribution in [3.05, 3.63) is 71.5 Å². The van der Waals surface area contributed by atoms with Gasteiger partial charge in [-0.2, -0.15) is 0 Å². The van der Waals surface area contributed by atoms with Gasteiger partial charge in [0.25, 0.3) is 0 Å². The van der Waals surface area contributed by atoms with E-state index in [0.29, 0.717) is 0 Å². The number of allylic oxidation sites excluding steroid dienone is 1. The van der Waals surface area contributed by atoms with Gasteiger partial charge >= 0.3 is 29.8 Å². The van der Waals surface area contributed by atoms with Crippen molar-refractivity contribution in [2.45, 2.75) is 20.8 Å². The lowest BCUT2D eigenvalue weighted by atomic mass is 10.0. The number of hydrogen-bond acceptors (Lipinski definition) is 8. The summed E-state index contributed by atoms with van der Waals surface area (Å²) in [5, 5.41) is 0. The largest absolute Gasteiger partial charge is 0.431 e. The Morgan fingerprint density at radius 3 is 1.86 bits per heavy atom. The maximum absolute atomic E-state index is 12.3. The Balaban J connectivity index is 3.33. The first-order valence-corrected chi connectivity index (χ1v) is 7.88. The molecule has 0 aliphatic rings. The third kappa shape index (κ3) is 5.87. The van der Waals surface area contributed by atoms with Crippen LogP contribution in [-0.2, 0) is 23.8 Å². The van der Waals surface area contributed by atoms with Crippen LogP contribution >= 0.6 is 0 Å². The van der Waals surface area contributed by atoms with Crippen LogP contribution in [-0.4, -0.2) is 29.8 Å². The monoisotopic (exact) mass is 386 g/mol. The second-order valence-electron chi connectivity index (χ2n) is 5.55. The molecule has 1 aromatic carbocycles. The first-order valence-electron chi connectivity index (χ1n) is 7.88. The van der Waals surface area contributed by atoms with Crippen LogP contribution in [0.5, 0.6) is 0 Å². The lowest BCUT2D eigenvalue weighted by molar-refractivity contribution is -0.134. The first kappa shape index (κ1) is 22.2. The van der Waals surface area contributed by atoms with Gasteiger partial charge in [-0.25, -0.2) is 24.0 Å². The molecule has 0 atom stereocenters. The summed E-state index contributed by atoms with van der Waals surface area (Å²) < 4.78 is 14.0. The molecule has 8 heteroatoms. The summed E-state index contributed by atoms with van der Waals surface area (Å²) >= 11 is 0. The number of carbonyl (C=O) groups is 5. The fraction of sp³-hybridized carbons (Fsp3) is 0.150. The van der Waals surface area contributed by atoms with Crippen LogP contribution in [0.15, 0.2) is 54.8 Å². The van der Waals surface area contributed by atoms with Gasteiger partial charge < -0.3 is 14.2 Å². The highest BCUT2D eigenvalue weighted by Gasteiger charge is 2.25. The number of benzene rings is 1. The summed E-state index contributed by atoms with van der Waals surface area (Å²) in [4.78, 5) is 59.6. The summed E-state index contributed by atoms with van der Waals surface area (Å²) in [6.07, 6.45) is 2.53. The molecule has 0 unspecified atom stereocenters. The van der Waals surface area contributed by atoms with Crippen molar-refractivity contribution in [1.29, 1.82) is 0 Å². The van der Waals surface area contributed by atoms with Crippen LogP contribution in [0.25, 0.3) is 0 Å². The van der Waals surface area contributed by atoms with Crippen molar-refractivity contribution >= 4 is 29.8 Å². The van der Waals surface area contributed by atoms with Crippen LogP contribution < -0.4 is 0 Å². The van der Waals surface area contributed by atoms with Gasteiger partial charge in [-0.3, -0.25) is 0 Å². The molecule has 0 fully saturated rings. The van der Waals surface area contributed by atoms with Crippen molar-refractivity contribution in [1.82, 2.24) is 0 Å². The van der Waals surface area contributed by atoms with Crippen LogP contribution in [0.2, 0.25) is 0 Å². The molecule has 0 aliphatic carbocycles. The molecule has 0 saturated heterocycles. The molecule has 28 heavy (non-hydrogen) atoms. The molecule has 146 valence electrons. The van der Waals surface area contributed by atoms with E-state index in [1.165, 1.54) is 19.9 Å². The molecule has 0 heterocycles. The van der Waals surface area contributed by atoms with E-state index in [0.717, 1.165) is 24.5 Å². The van der Waals surface area contributed by atoms with Crippen molar-refractivity contribution in [3.8, 4) is 0 Å². The minimum absolute atomic E-state index is 0.00779. The van der Waals surface area contributed by atoms with Gasteiger partial charge in [-0.1, -0.05) is 19.2 Å². The second kappa shape index (κ2) is 9.77. The van der Waals surface area contributed by atoms with Gasteiger partial charge in [0, 0.05) is 11.1 Å². The molecule has 1 aromatic rings. The van der Waals surface area contributed by atoms with Crippen molar-refractivity contribution in [3.63, 3.8) is 0 Å². The zero-order chi connectivity index (χ0) is 21.4. The van der Waals surface area contributed by atoms with Gasteiger partial charge in [0.2, 0.25) is 0 Å². The molecular formula is C20H18O8. The summed E-state index contributed by atoms with van der Waals surface area (Å²) in [7, 11) is 0. The zero-order valence-corrected chi connectivity index (χ0v) is 15.6. The maximum Gasteiger partial charge on any atom is 0.346 e. The van der Waals surface area contributed by atoms with E-state index in [4.69, 9.17) is 4.74 Å². The fourth-order valence-corrected chi connectivity index (χ4v) is 1.67. The average Bonchev–Trinajstić information content (AvgIpc) is 2.64. The van der Waals surface area contributed by atoms with E-state index >= 15 is 0 Å². The smallest absolute Gasteiger partial charge is 0.346 e. The number of rotatable bonds is 6. The van der Waals surface area contributed by atoms with Crippen molar-refractivity contribution in [2.24, 2.45) is 0 Å². The predicted octanol–water partition coefficient (Wildman–Crippen LogP) is 2.90. The Labute approximate surface area is 161 Å². The number of ether oxygens (including phenoxy) is 3. The molecule has 0 bridgehead atoms. The third-order valence-electron chi connectivity index (χ3n) is 3.07. The highest BCUT2D eigenvalue weighted by atomic mass is 16.6. The minimum atomic E-state index is -1.21. The van der Waals surface area contributed by atoms with E-state index < -0.39 is 35.4 Å². The quantitative estimate of drug-likeness (QED) is 0.241. The Kier molecular flexibility index (Phi) is 7.76. The van der Waals surface area contributed by atoms with E-state index in [2.05, 4.69) is 22.6 Å². The topological polar surface area (TPSA) is 113 Å². The van der Waals surface area contributed by atoms with E-state index in [1.807, 2.05) is 0 Å². The lowest BCUT2D eigenvalue weighted by Gasteiger charge is -2.09.